The molecule has 1 heterocycles. The van der Waals surface area contributed by atoms with E-state index in [0.29, 0.717) is 5.75 Å². The summed E-state index contributed by atoms with van der Waals surface area (Å²) >= 11 is 0. The van der Waals surface area contributed by atoms with Gasteiger partial charge in [0.25, 0.3) is 0 Å². The number of phenolic OH excluding ortho intramolecular Hbond substituents is 1. The molecule has 1 aromatic carbocycles. The lowest BCUT2D eigenvalue weighted by Gasteiger charge is -2.28. The monoisotopic (exact) mass is 396 g/mol. The fraction of sp³-hybridized carbons (Fsp3) is 0.556. The van der Waals surface area contributed by atoms with Gasteiger partial charge >= 0.3 is 0 Å². The van der Waals surface area contributed by atoms with Gasteiger partial charge < -0.3 is 9.84 Å². The van der Waals surface area contributed by atoms with Gasteiger partial charge in [0.2, 0.25) is 0 Å². The van der Waals surface area contributed by atoms with Crippen LogP contribution in [0.15, 0.2) is 41.0 Å². The average molecular weight is 397 g/mol. The van der Waals surface area contributed by atoms with Crippen LogP contribution in [-0.4, -0.2) is 11.2 Å². The molecule has 1 unspecified atom stereocenters. The number of hydrogen-bond acceptors (Lipinski definition) is 2. The Bertz CT molecular complexity index is 776. The van der Waals surface area contributed by atoms with Crippen LogP contribution >= 0.6 is 0 Å². The van der Waals surface area contributed by atoms with Crippen molar-refractivity contribution in [2.24, 2.45) is 0 Å². The molecule has 1 aromatic rings. The van der Waals surface area contributed by atoms with Crippen LogP contribution in [0, 0.1) is 13.8 Å². The van der Waals surface area contributed by atoms with Crippen molar-refractivity contribution in [3.63, 3.8) is 0 Å². The smallest absolute Gasteiger partial charge is 0.126 e. The Hall–Kier alpha value is -1.96. The van der Waals surface area contributed by atoms with Crippen molar-refractivity contribution in [3.8, 4) is 11.5 Å². The van der Waals surface area contributed by atoms with E-state index in [1.165, 1.54) is 23.1 Å². The predicted molar refractivity (Wildman–Crippen MR) is 125 cm³/mol. The summed E-state index contributed by atoms with van der Waals surface area (Å²) < 4.78 is 6.29. The third kappa shape index (κ3) is 7.42. The van der Waals surface area contributed by atoms with Crippen LogP contribution in [0.2, 0.25) is 0 Å². The van der Waals surface area contributed by atoms with E-state index in [2.05, 4.69) is 52.8 Å². The van der Waals surface area contributed by atoms with Crippen molar-refractivity contribution < 1.29 is 9.84 Å². The van der Waals surface area contributed by atoms with Crippen LogP contribution in [0.5, 0.6) is 11.5 Å². The molecule has 160 valence electrons. The Morgan fingerprint density at radius 3 is 2.24 bits per heavy atom. The number of allylic oxidation sites excluding steroid dienone is 6. The zero-order valence-electron chi connectivity index (χ0n) is 19.4. The lowest BCUT2D eigenvalue weighted by molar-refractivity contribution is 0.163. The molecule has 2 nitrogen and oxygen atoms in total. The molecule has 1 aliphatic heterocycles. The minimum atomic E-state index is 0.284. The molecule has 0 fully saturated rings. The van der Waals surface area contributed by atoms with Gasteiger partial charge in [-0.05, 0) is 116 Å². The van der Waals surface area contributed by atoms with Gasteiger partial charge in [-0.15, -0.1) is 0 Å². The SMILES string of the molecule is CC(C)=CCCC(C)=CCCC(C)=CCCC1CCc2cc(O)c(C)c(C)c2O1. The number of rotatable bonds is 9. The van der Waals surface area contributed by atoms with Crippen LogP contribution in [0.3, 0.4) is 0 Å². The highest BCUT2D eigenvalue weighted by Crippen LogP contribution is 2.38. The summed E-state index contributed by atoms with van der Waals surface area (Å²) in [6.45, 7) is 12.8. The lowest BCUT2D eigenvalue weighted by atomic mass is 9.94. The van der Waals surface area contributed by atoms with Crippen LogP contribution in [0.1, 0.15) is 89.3 Å². The third-order valence-electron chi connectivity index (χ3n) is 6.01. The highest BCUT2D eigenvalue weighted by atomic mass is 16.5. The molecule has 1 aliphatic rings. The Labute approximate surface area is 178 Å². The molecule has 0 saturated carbocycles. The molecule has 2 heteroatoms. The molecule has 29 heavy (non-hydrogen) atoms. The van der Waals surface area contributed by atoms with E-state index in [0.717, 1.165) is 67.4 Å². The van der Waals surface area contributed by atoms with Crippen LogP contribution < -0.4 is 4.74 Å². The molecule has 0 spiro atoms. The van der Waals surface area contributed by atoms with Gasteiger partial charge in [-0.25, -0.2) is 0 Å². The predicted octanol–water partition coefficient (Wildman–Crippen LogP) is 7.90. The van der Waals surface area contributed by atoms with Gasteiger partial charge in [-0.2, -0.15) is 0 Å². The van der Waals surface area contributed by atoms with Gasteiger partial charge in [0, 0.05) is 0 Å². The van der Waals surface area contributed by atoms with E-state index in [4.69, 9.17) is 4.74 Å². The summed E-state index contributed by atoms with van der Waals surface area (Å²) in [7, 11) is 0. The maximum absolute atomic E-state index is 10.0. The summed E-state index contributed by atoms with van der Waals surface area (Å²) in [5.74, 6) is 1.40. The number of fused-ring (bicyclic) bond motifs is 1. The first-order chi connectivity index (χ1) is 13.8. The standard InChI is InChI=1S/C27H40O2/c1-19(2)10-7-11-20(3)12-8-13-21(4)14-9-15-25-17-16-24-18-26(28)22(5)23(6)27(24)29-25/h10,12,14,18,25,28H,7-9,11,13,15-17H2,1-6H3. The molecule has 0 bridgehead atoms. The topological polar surface area (TPSA) is 29.5 Å². The van der Waals surface area contributed by atoms with Gasteiger partial charge in [0.15, 0.2) is 0 Å². The molecule has 1 N–H and O–H groups in total. The van der Waals surface area contributed by atoms with E-state index in [9.17, 15) is 5.11 Å². The zero-order chi connectivity index (χ0) is 21.4. The van der Waals surface area contributed by atoms with Crippen LogP contribution in [0.4, 0.5) is 0 Å². The van der Waals surface area contributed by atoms with Gasteiger partial charge in [0.05, 0.1) is 6.10 Å². The second-order valence-electron chi connectivity index (χ2n) is 8.95. The second-order valence-corrected chi connectivity index (χ2v) is 8.95. The molecule has 1 atom stereocenters. The van der Waals surface area contributed by atoms with Crippen LogP contribution in [0.25, 0.3) is 0 Å². The molecular weight excluding hydrogens is 356 g/mol. The third-order valence-corrected chi connectivity index (χ3v) is 6.01. The Morgan fingerprint density at radius 1 is 0.966 bits per heavy atom. The summed E-state index contributed by atoms with van der Waals surface area (Å²) in [5, 5.41) is 10.0. The molecule has 0 amide bonds. The van der Waals surface area contributed by atoms with Crippen molar-refractivity contribution in [2.45, 2.75) is 99.0 Å². The first-order valence-corrected chi connectivity index (χ1v) is 11.2. The number of ether oxygens (including phenoxy) is 1. The summed E-state index contributed by atoms with van der Waals surface area (Å²) in [6, 6.07) is 1.88. The first-order valence-electron chi connectivity index (χ1n) is 11.2. The van der Waals surface area contributed by atoms with E-state index in [-0.39, 0.29) is 6.10 Å². The Kier molecular flexibility index (Phi) is 9.07. The van der Waals surface area contributed by atoms with Gasteiger partial charge in [-0.3, -0.25) is 0 Å². The first kappa shape index (κ1) is 23.3. The van der Waals surface area contributed by atoms with Crippen molar-refractivity contribution in [3.05, 3.63) is 57.7 Å². The average Bonchev–Trinajstić information content (AvgIpc) is 2.66. The van der Waals surface area contributed by atoms with E-state index >= 15 is 0 Å². The van der Waals surface area contributed by atoms with Crippen molar-refractivity contribution >= 4 is 0 Å². The quantitative estimate of drug-likeness (QED) is 0.430. The molecule has 0 radical (unpaired) electrons. The molecule has 2 rings (SSSR count). The normalized spacial score (nSPS) is 17.0. The number of aromatic hydroxyl groups is 1. The van der Waals surface area contributed by atoms with Gasteiger partial charge in [-0.1, -0.05) is 34.9 Å². The lowest BCUT2D eigenvalue weighted by Crippen LogP contribution is -2.23. The minimum Gasteiger partial charge on any atom is -0.508 e. The van der Waals surface area contributed by atoms with E-state index in [1.54, 1.807) is 0 Å². The van der Waals surface area contributed by atoms with Gasteiger partial charge in [0.1, 0.15) is 11.5 Å². The van der Waals surface area contributed by atoms with Crippen LogP contribution in [-0.2, 0) is 6.42 Å². The number of phenols is 1. The number of aryl methyl sites for hydroxylation is 1. The van der Waals surface area contributed by atoms with E-state index in [1.807, 2.05) is 13.0 Å². The summed E-state index contributed by atoms with van der Waals surface area (Å²) in [6.07, 6.45) is 16.2. The van der Waals surface area contributed by atoms with Crippen molar-refractivity contribution in [1.82, 2.24) is 0 Å². The largest absolute Gasteiger partial charge is 0.508 e. The number of hydrogen-bond donors (Lipinski definition) is 1. The van der Waals surface area contributed by atoms with E-state index < -0.39 is 0 Å². The maximum atomic E-state index is 10.0. The number of benzene rings is 1. The summed E-state index contributed by atoms with van der Waals surface area (Å²) in [4.78, 5) is 0. The maximum Gasteiger partial charge on any atom is 0.126 e. The molecule has 0 aromatic heterocycles. The second kappa shape index (κ2) is 11.3. The Morgan fingerprint density at radius 2 is 1.59 bits per heavy atom. The molecule has 0 aliphatic carbocycles. The highest BCUT2D eigenvalue weighted by Gasteiger charge is 2.23. The fourth-order valence-corrected chi connectivity index (χ4v) is 3.89. The van der Waals surface area contributed by atoms with Crippen molar-refractivity contribution in [2.75, 3.05) is 0 Å². The highest BCUT2D eigenvalue weighted by molar-refractivity contribution is 5.52. The summed E-state index contributed by atoms with van der Waals surface area (Å²) in [5.41, 5.74) is 7.56. The minimum absolute atomic E-state index is 0.284. The molecular formula is C27H40O2. The fourth-order valence-electron chi connectivity index (χ4n) is 3.89. The van der Waals surface area contributed by atoms with Crippen molar-refractivity contribution in [1.29, 1.82) is 0 Å². The Balaban J connectivity index is 1.76. The molecule has 0 saturated heterocycles. The zero-order valence-corrected chi connectivity index (χ0v) is 19.4.